The van der Waals surface area contributed by atoms with Crippen LogP contribution in [0.15, 0.2) is 71.6 Å². The van der Waals surface area contributed by atoms with Crippen molar-refractivity contribution in [1.82, 2.24) is 0 Å². The molecule has 0 aromatic heterocycles. The van der Waals surface area contributed by atoms with Crippen molar-refractivity contribution in [2.24, 2.45) is 0 Å². The highest BCUT2D eigenvalue weighted by Gasteiger charge is 2.20. The first-order valence-electron chi connectivity index (χ1n) is 8.32. The van der Waals surface area contributed by atoms with Crippen LogP contribution in [0.4, 0.5) is 11.4 Å². The fraction of sp³-hybridized carbons (Fsp3) is 0.0500. The molecule has 0 fully saturated rings. The highest BCUT2D eigenvalue weighted by Crippen LogP contribution is 2.28. The van der Waals surface area contributed by atoms with E-state index in [2.05, 4.69) is 10.0 Å². The molecule has 0 aliphatic heterocycles. The molecule has 0 radical (unpaired) electrons. The van der Waals surface area contributed by atoms with Gasteiger partial charge in [-0.2, -0.15) is 0 Å². The summed E-state index contributed by atoms with van der Waals surface area (Å²) in [5.41, 5.74) is 0.789. The Morgan fingerprint density at radius 2 is 1.66 bits per heavy atom. The minimum Gasteiger partial charge on any atom is -0.495 e. The summed E-state index contributed by atoms with van der Waals surface area (Å²) in [6.45, 7) is 0. The average molecular weight is 451 g/mol. The molecule has 3 aromatic rings. The third-order valence-electron chi connectivity index (χ3n) is 3.95. The number of rotatable bonds is 6. The predicted octanol–water partition coefficient (Wildman–Crippen LogP) is 5.06. The van der Waals surface area contributed by atoms with E-state index in [1.165, 1.54) is 25.3 Å². The number of methoxy groups -OCH3 is 1. The van der Waals surface area contributed by atoms with E-state index in [9.17, 15) is 13.2 Å². The third kappa shape index (κ3) is 5.00. The molecule has 3 rings (SSSR count). The second kappa shape index (κ2) is 8.73. The number of sulfonamides is 1. The van der Waals surface area contributed by atoms with Gasteiger partial charge in [-0.3, -0.25) is 9.52 Å². The first-order chi connectivity index (χ1) is 13.8. The van der Waals surface area contributed by atoms with Gasteiger partial charge in [-0.05, 0) is 54.6 Å². The van der Waals surface area contributed by atoms with Gasteiger partial charge in [0.15, 0.2) is 0 Å². The number of hydrogen-bond acceptors (Lipinski definition) is 4. The molecular formula is C20H16Cl2N2O4S. The van der Waals surface area contributed by atoms with Gasteiger partial charge < -0.3 is 10.1 Å². The zero-order valence-electron chi connectivity index (χ0n) is 15.1. The molecule has 2 N–H and O–H groups in total. The normalized spacial score (nSPS) is 11.0. The molecule has 0 spiro atoms. The quantitative estimate of drug-likeness (QED) is 0.549. The second-order valence-corrected chi connectivity index (χ2v) is 8.43. The molecule has 0 atom stereocenters. The largest absolute Gasteiger partial charge is 0.495 e. The Labute approximate surface area is 178 Å². The van der Waals surface area contributed by atoms with Gasteiger partial charge >= 0.3 is 0 Å². The van der Waals surface area contributed by atoms with E-state index in [0.29, 0.717) is 16.5 Å². The Morgan fingerprint density at radius 1 is 0.966 bits per heavy atom. The Hall–Kier alpha value is -2.74. The number of carbonyl (C=O) groups is 1. The van der Waals surface area contributed by atoms with E-state index in [1.807, 2.05) is 0 Å². The number of ether oxygens (including phenoxy) is 1. The SMILES string of the molecule is COc1ccccc1NS(=O)(=O)c1ccc(Cl)c(C(=O)Nc2ccc(Cl)cc2)c1. The van der Waals surface area contributed by atoms with E-state index in [0.717, 1.165) is 0 Å². The van der Waals surface area contributed by atoms with Crippen molar-refractivity contribution in [3.8, 4) is 5.75 Å². The number of amides is 1. The molecule has 0 bridgehead atoms. The average Bonchev–Trinajstić information content (AvgIpc) is 2.70. The van der Waals surface area contributed by atoms with Crippen LogP contribution in [0.1, 0.15) is 10.4 Å². The van der Waals surface area contributed by atoms with Crippen molar-refractivity contribution < 1.29 is 17.9 Å². The molecule has 6 nitrogen and oxygen atoms in total. The van der Waals surface area contributed by atoms with Crippen molar-refractivity contribution in [3.05, 3.63) is 82.3 Å². The third-order valence-corrected chi connectivity index (χ3v) is 5.89. The van der Waals surface area contributed by atoms with Gasteiger partial charge in [0.05, 0.1) is 28.3 Å². The van der Waals surface area contributed by atoms with E-state index >= 15 is 0 Å². The van der Waals surface area contributed by atoms with Gasteiger partial charge in [0.1, 0.15) is 5.75 Å². The maximum atomic E-state index is 12.8. The van der Waals surface area contributed by atoms with E-state index in [-0.39, 0.29) is 21.2 Å². The number of para-hydroxylation sites is 2. The van der Waals surface area contributed by atoms with Crippen LogP contribution >= 0.6 is 23.2 Å². The summed E-state index contributed by atoms with van der Waals surface area (Å²) in [6, 6.07) is 17.0. The molecule has 29 heavy (non-hydrogen) atoms. The van der Waals surface area contributed by atoms with Crippen molar-refractivity contribution in [2.75, 3.05) is 17.1 Å². The molecule has 150 valence electrons. The van der Waals surface area contributed by atoms with Gasteiger partial charge in [-0.15, -0.1) is 0 Å². The van der Waals surface area contributed by atoms with Gasteiger partial charge in [0.25, 0.3) is 15.9 Å². The second-order valence-electron chi connectivity index (χ2n) is 5.91. The van der Waals surface area contributed by atoms with Gasteiger partial charge in [0.2, 0.25) is 0 Å². The molecular weight excluding hydrogens is 435 g/mol. The standard InChI is InChI=1S/C20H16Cl2N2O4S/c1-28-19-5-3-2-4-18(19)24-29(26,27)15-10-11-17(22)16(12-15)20(25)23-14-8-6-13(21)7-9-14/h2-12,24H,1H3,(H,23,25). The number of nitrogens with one attached hydrogen (secondary N) is 2. The maximum absolute atomic E-state index is 12.8. The minimum absolute atomic E-state index is 0.0181. The minimum atomic E-state index is -3.98. The topological polar surface area (TPSA) is 84.5 Å². The summed E-state index contributed by atoms with van der Waals surface area (Å²) in [6.07, 6.45) is 0. The molecule has 9 heteroatoms. The Balaban J connectivity index is 1.89. The smallest absolute Gasteiger partial charge is 0.262 e. The summed E-state index contributed by atoms with van der Waals surface area (Å²) in [5, 5.41) is 3.30. The predicted molar refractivity (Wildman–Crippen MR) is 115 cm³/mol. The Kier molecular flexibility index (Phi) is 6.32. The fourth-order valence-electron chi connectivity index (χ4n) is 2.51. The number of carbonyl (C=O) groups excluding carboxylic acids is 1. The van der Waals surface area contributed by atoms with Crippen LogP contribution in [0, 0.1) is 0 Å². The Morgan fingerprint density at radius 3 is 2.34 bits per heavy atom. The van der Waals surface area contributed by atoms with Crippen molar-refractivity contribution in [3.63, 3.8) is 0 Å². The van der Waals surface area contributed by atoms with Crippen LogP contribution in [0.3, 0.4) is 0 Å². The zero-order chi connectivity index (χ0) is 21.0. The number of anilines is 2. The van der Waals surface area contributed by atoms with Crippen LogP contribution < -0.4 is 14.8 Å². The van der Waals surface area contributed by atoms with Gasteiger partial charge in [-0.25, -0.2) is 8.42 Å². The molecule has 1 amide bonds. The van der Waals surface area contributed by atoms with Crippen molar-refractivity contribution >= 4 is 50.5 Å². The highest BCUT2D eigenvalue weighted by atomic mass is 35.5. The number of halogens is 2. The van der Waals surface area contributed by atoms with E-state index in [1.54, 1.807) is 48.5 Å². The highest BCUT2D eigenvalue weighted by molar-refractivity contribution is 7.92. The van der Waals surface area contributed by atoms with Crippen LogP contribution in [-0.4, -0.2) is 21.4 Å². The van der Waals surface area contributed by atoms with Crippen LogP contribution in [0.5, 0.6) is 5.75 Å². The van der Waals surface area contributed by atoms with Crippen LogP contribution in [0.25, 0.3) is 0 Å². The lowest BCUT2D eigenvalue weighted by Crippen LogP contribution is -2.16. The van der Waals surface area contributed by atoms with Crippen LogP contribution in [0.2, 0.25) is 10.0 Å². The van der Waals surface area contributed by atoms with Gasteiger partial charge in [0, 0.05) is 10.7 Å². The first-order valence-corrected chi connectivity index (χ1v) is 10.6. The fourth-order valence-corrected chi connectivity index (χ4v) is 3.94. The first kappa shape index (κ1) is 21.0. The van der Waals surface area contributed by atoms with E-state index < -0.39 is 15.9 Å². The van der Waals surface area contributed by atoms with Crippen molar-refractivity contribution in [1.29, 1.82) is 0 Å². The lowest BCUT2D eigenvalue weighted by molar-refractivity contribution is 0.102. The molecule has 0 saturated carbocycles. The van der Waals surface area contributed by atoms with E-state index in [4.69, 9.17) is 27.9 Å². The molecule has 0 aliphatic carbocycles. The molecule has 3 aromatic carbocycles. The summed E-state index contributed by atoms with van der Waals surface area (Å²) in [5.74, 6) is -0.183. The van der Waals surface area contributed by atoms with Crippen LogP contribution in [-0.2, 0) is 10.0 Å². The van der Waals surface area contributed by atoms with Crippen molar-refractivity contribution in [2.45, 2.75) is 4.90 Å². The van der Waals surface area contributed by atoms with Gasteiger partial charge in [-0.1, -0.05) is 35.3 Å². The molecule has 0 saturated heterocycles. The summed E-state index contributed by atoms with van der Waals surface area (Å²) >= 11 is 12.0. The molecule has 0 aliphatic rings. The summed E-state index contributed by atoms with van der Waals surface area (Å²) in [4.78, 5) is 12.5. The summed E-state index contributed by atoms with van der Waals surface area (Å²) < 4.78 is 33.2. The monoisotopic (exact) mass is 450 g/mol. The maximum Gasteiger partial charge on any atom is 0.262 e. The Bertz CT molecular complexity index is 1150. The summed E-state index contributed by atoms with van der Waals surface area (Å²) in [7, 11) is -2.54. The lowest BCUT2D eigenvalue weighted by Gasteiger charge is -2.13. The molecule has 0 unspecified atom stereocenters. The number of hydrogen-bond donors (Lipinski definition) is 2. The number of benzene rings is 3. The lowest BCUT2D eigenvalue weighted by atomic mass is 10.2. The molecule has 0 heterocycles. The zero-order valence-corrected chi connectivity index (χ0v) is 17.5.